The zero-order valence-electron chi connectivity index (χ0n) is 12.8. The van der Waals surface area contributed by atoms with E-state index in [-0.39, 0.29) is 17.8 Å². The van der Waals surface area contributed by atoms with Gasteiger partial charge < -0.3 is 10.2 Å². The van der Waals surface area contributed by atoms with E-state index in [1.807, 2.05) is 19.2 Å². The Kier molecular flexibility index (Phi) is 4.43. The molecule has 0 amide bonds. The number of nitrogens with one attached hydrogen (secondary N) is 1. The van der Waals surface area contributed by atoms with E-state index in [2.05, 4.69) is 32.0 Å². The molecule has 0 saturated heterocycles. The first-order valence-electron chi connectivity index (χ1n) is 7.39. The third kappa shape index (κ3) is 3.30. The summed E-state index contributed by atoms with van der Waals surface area (Å²) in [5, 5.41) is 7.66. The standard InChI is InChI=1S/C17H20FN3S/c1-19-17(21(2)10-12-7-8-22-11-12)20-16-9-14(16)13-5-3-4-6-15(13)18/h3-8,11,14,16H,9-10H2,1-2H3,(H,19,20). The highest BCUT2D eigenvalue weighted by Gasteiger charge is 2.40. The molecule has 5 heteroatoms. The van der Waals surface area contributed by atoms with Gasteiger partial charge in [0.25, 0.3) is 0 Å². The van der Waals surface area contributed by atoms with Gasteiger partial charge in [0.15, 0.2) is 5.96 Å². The maximum atomic E-state index is 13.8. The number of nitrogens with zero attached hydrogens (tertiary/aromatic N) is 2. The molecule has 22 heavy (non-hydrogen) atoms. The molecule has 1 aromatic carbocycles. The second kappa shape index (κ2) is 6.48. The van der Waals surface area contributed by atoms with Gasteiger partial charge in [-0.05, 0) is 40.4 Å². The maximum Gasteiger partial charge on any atom is 0.193 e. The molecular formula is C17H20FN3S. The Morgan fingerprint density at radius 3 is 2.91 bits per heavy atom. The van der Waals surface area contributed by atoms with Crippen molar-refractivity contribution in [1.29, 1.82) is 0 Å². The minimum atomic E-state index is -0.113. The fourth-order valence-electron chi connectivity index (χ4n) is 2.72. The largest absolute Gasteiger partial charge is 0.353 e. The summed E-state index contributed by atoms with van der Waals surface area (Å²) >= 11 is 1.70. The monoisotopic (exact) mass is 317 g/mol. The van der Waals surface area contributed by atoms with Crippen molar-refractivity contribution in [2.24, 2.45) is 4.99 Å². The first-order chi connectivity index (χ1) is 10.7. The average molecular weight is 317 g/mol. The van der Waals surface area contributed by atoms with E-state index in [9.17, 15) is 4.39 Å². The van der Waals surface area contributed by atoms with Crippen LogP contribution in [0.25, 0.3) is 0 Å². The normalized spacial score (nSPS) is 20.8. The Morgan fingerprint density at radius 2 is 2.23 bits per heavy atom. The average Bonchev–Trinajstić information content (AvgIpc) is 3.09. The molecule has 2 unspecified atom stereocenters. The van der Waals surface area contributed by atoms with E-state index in [0.717, 1.165) is 24.5 Å². The van der Waals surface area contributed by atoms with Gasteiger partial charge in [-0.2, -0.15) is 11.3 Å². The van der Waals surface area contributed by atoms with Crippen LogP contribution in [-0.2, 0) is 6.54 Å². The molecule has 1 aliphatic rings. The van der Waals surface area contributed by atoms with Crippen LogP contribution in [0.3, 0.4) is 0 Å². The Bertz CT molecular complexity index is 654. The number of hydrogen-bond acceptors (Lipinski definition) is 2. The number of benzene rings is 1. The Morgan fingerprint density at radius 1 is 1.41 bits per heavy atom. The van der Waals surface area contributed by atoms with Crippen molar-refractivity contribution in [3.8, 4) is 0 Å². The molecule has 1 aromatic heterocycles. The van der Waals surface area contributed by atoms with Gasteiger partial charge in [-0.15, -0.1) is 0 Å². The maximum absolute atomic E-state index is 13.8. The number of thiophene rings is 1. The fourth-order valence-corrected chi connectivity index (χ4v) is 3.38. The zero-order chi connectivity index (χ0) is 15.5. The molecule has 1 N–H and O–H groups in total. The number of hydrogen-bond donors (Lipinski definition) is 1. The Balaban J connectivity index is 1.59. The summed E-state index contributed by atoms with van der Waals surface area (Å²) in [5.74, 6) is 0.987. The summed E-state index contributed by atoms with van der Waals surface area (Å²) in [5.41, 5.74) is 2.08. The fraction of sp³-hybridized carbons (Fsp3) is 0.353. The summed E-state index contributed by atoms with van der Waals surface area (Å²) < 4.78 is 13.8. The minimum Gasteiger partial charge on any atom is -0.353 e. The van der Waals surface area contributed by atoms with E-state index >= 15 is 0 Å². The van der Waals surface area contributed by atoms with Crippen LogP contribution >= 0.6 is 11.3 Å². The van der Waals surface area contributed by atoms with Crippen LogP contribution in [0, 0.1) is 5.82 Å². The van der Waals surface area contributed by atoms with Gasteiger partial charge in [0.2, 0.25) is 0 Å². The predicted molar refractivity (Wildman–Crippen MR) is 89.8 cm³/mol. The summed E-state index contributed by atoms with van der Waals surface area (Å²) in [6, 6.07) is 9.42. The number of rotatable bonds is 4. The number of halogens is 1. The molecule has 0 aliphatic heterocycles. The second-order valence-electron chi connectivity index (χ2n) is 5.65. The van der Waals surface area contributed by atoms with Crippen molar-refractivity contribution in [3.05, 3.63) is 58.0 Å². The molecule has 1 heterocycles. The van der Waals surface area contributed by atoms with E-state index in [4.69, 9.17) is 0 Å². The van der Waals surface area contributed by atoms with Crippen LogP contribution in [-0.4, -0.2) is 31.0 Å². The Labute approximate surface area is 134 Å². The van der Waals surface area contributed by atoms with Crippen molar-refractivity contribution in [3.63, 3.8) is 0 Å². The predicted octanol–water partition coefficient (Wildman–Crippen LogP) is 3.45. The molecule has 0 radical (unpaired) electrons. The second-order valence-corrected chi connectivity index (χ2v) is 6.43. The summed E-state index contributed by atoms with van der Waals surface area (Å²) in [6.07, 6.45) is 0.951. The summed E-state index contributed by atoms with van der Waals surface area (Å²) in [6.45, 7) is 0.820. The summed E-state index contributed by atoms with van der Waals surface area (Å²) in [4.78, 5) is 6.44. The van der Waals surface area contributed by atoms with Gasteiger partial charge in [-0.1, -0.05) is 18.2 Å². The van der Waals surface area contributed by atoms with Gasteiger partial charge >= 0.3 is 0 Å². The first kappa shape index (κ1) is 15.0. The topological polar surface area (TPSA) is 27.6 Å². The summed E-state index contributed by atoms with van der Waals surface area (Å²) in [7, 11) is 3.81. The van der Waals surface area contributed by atoms with Crippen LogP contribution < -0.4 is 5.32 Å². The third-order valence-electron chi connectivity index (χ3n) is 3.98. The smallest absolute Gasteiger partial charge is 0.193 e. The molecule has 3 rings (SSSR count). The highest BCUT2D eigenvalue weighted by molar-refractivity contribution is 7.07. The van der Waals surface area contributed by atoms with Crippen LogP contribution in [0.4, 0.5) is 4.39 Å². The van der Waals surface area contributed by atoms with Gasteiger partial charge in [0, 0.05) is 32.6 Å². The first-order valence-corrected chi connectivity index (χ1v) is 8.33. The lowest BCUT2D eigenvalue weighted by molar-refractivity contribution is 0.476. The third-order valence-corrected chi connectivity index (χ3v) is 4.71. The molecule has 116 valence electrons. The highest BCUT2D eigenvalue weighted by atomic mass is 32.1. The van der Waals surface area contributed by atoms with Crippen LogP contribution in [0.5, 0.6) is 0 Å². The quantitative estimate of drug-likeness (QED) is 0.691. The van der Waals surface area contributed by atoms with Crippen molar-refractivity contribution in [2.75, 3.05) is 14.1 Å². The van der Waals surface area contributed by atoms with Crippen LogP contribution in [0.2, 0.25) is 0 Å². The van der Waals surface area contributed by atoms with Crippen LogP contribution in [0.15, 0.2) is 46.1 Å². The Hall–Kier alpha value is -1.88. The number of aliphatic imine (C=N–C) groups is 1. The molecule has 0 spiro atoms. The van der Waals surface area contributed by atoms with E-state index < -0.39 is 0 Å². The van der Waals surface area contributed by atoms with Gasteiger partial charge in [0.1, 0.15) is 5.82 Å². The molecule has 1 aliphatic carbocycles. The molecule has 1 saturated carbocycles. The van der Waals surface area contributed by atoms with Crippen molar-refractivity contribution in [1.82, 2.24) is 10.2 Å². The van der Waals surface area contributed by atoms with E-state index in [1.54, 1.807) is 24.5 Å². The highest BCUT2D eigenvalue weighted by Crippen LogP contribution is 2.41. The number of guanidine groups is 1. The van der Waals surface area contributed by atoms with Crippen molar-refractivity contribution < 1.29 is 4.39 Å². The minimum absolute atomic E-state index is 0.113. The molecule has 2 aromatic rings. The van der Waals surface area contributed by atoms with Gasteiger partial charge in [-0.3, -0.25) is 4.99 Å². The van der Waals surface area contributed by atoms with Gasteiger partial charge in [-0.25, -0.2) is 4.39 Å². The van der Waals surface area contributed by atoms with E-state index in [0.29, 0.717) is 0 Å². The van der Waals surface area contributed by atoms with Crippen molar-refractivity contribution in [2.45, 2.75) is 24.9 Å². The lowest BCUT2D eigenvalue weighted by Crippen LogP contribution is -2.40. The molecule has 0 bridgehead atoms. The lowest BCUT2D eigenvalue weighted by Gasteiger charge is -2.22. The molecular weight excluding hydrogens is 297 g/mol. The van der Waals surface area contributed by atoms with Crippen LogP contribution in [0.1, 0.15) is 23.5 Å². The van der Waals surface area contributed by atoms with Crippen molar-refractivity contribution >= 4 is 17.3 Å². The molecule has 2 atom stereocenters. The van der Waals surface area contributed by atoms with Gasteiger partial charge in [0.05, 0.1) is 0 Å². The molecule has 3 nitrogen and oxygen atoms in total. The molecule has 1 fully saturated rings. The van der Waals surface area contributed by atoms with E-state index in [1.165, 1.54) is 11.6 Å². The zero-order valence-corrected chi connectivity index (χ0v) is 13.6. The SMILES string of the molecule is CN=C(NC1CC1c1ccccc1F)N(C)Cc1ccsc1. The lowest BCUT2D eigenvalue weighted by atomic mass is 10.1.